The number of carbonyl (C=O) groups is 1. The van der Waals surface area contributed by atoms with Crippen LogP contribution < -0.4 is 10.1 Å². The van der Waals surface area contributed by atoms with Crippen molar-refractivity contribution in [2.45, 2.75) is 72.2 Å². The molecule has 0 aliphatic carbocycles. The molecule has 1 aromatic rings. The number of aryl methyl sites for hydroxylation is 1. The molecule has 0 bridgehead atoms. The molecular formula is C22H34BNO5. The summed E-state index contributed by atoms with van der Waals surface area (Å²) in [5, 5.41) is 2.81. The monoisotopic (exact) mass is 403 g/mol. The maximum Gasteiger partial charge on any atom is 0.492 e. The van der Waals surface area contributed by atoms with Gasteiger partial charge in [0.15, 0.2) is 0 Å². The molecule has 0 saturated carbocycles. The maximum atomic E-state index is 12.2. The molecular weight excluding hydrogens is 369 g/mol. The zero-order chi connectivity index (χ0) is 22.0. The van der Waals surface area contributed by atoms with Gasteiger partial charge in [-0.2, -0.15) is 0 Å². The Balaban J connectivity index is 2.31. The second-order valence-electron chi connectivity index (χ2n) is 9.45. The summed E-state index contributed by atoms with van der Waals surface area (Å²) in [6.07, 6.45) is 1.48. The smallest absolute Gasteiger partial charge is 0.492 e. The highest BCUT2D eigenvalue weighted by atomic mass is 16.7. The first-order valence-corrected chi connectivity index (χ1v) is 9.91. The van der Waals surface area contributed by atoms with Gasteiger partial charge in [-0.05, 0) is 84.1 Å². The zero-order valence-corrected chi connectivity index (χ0v) is 19.1. The fourth-order valence-electron chi connectivity index (χ4n) is 2.88. The number of nitrogens with one attached hydrogen (secondary N) is 1. The van der Waals surface area contributed by atoms with E-state index in [1.54, 1.807) is 7.11 Å². The average molecular weight is 403 g/mol. The van der Waals surface area contributed by atoms with Crippen LogP contribution >= 0.6 is 0 Å². The van der Waals surface area contributed by atoms with E-state index < -0.39 is 30.0 Å². The third-order valence-corrected chi connectivity index (χ3v) is 5.05. The molecule has 1 fully saturated rings. The molecule has 0 spiro atoms. The first-order chi connectivity index (χ1) is 13.2. The van der Waals surface area contributed by atoms with Gasteiger partial charge in [0.2, 0.25) is 0 Å². The van der Waals surface area contributed by atoms with Crippen LogP contribution in [0.15, 0.2) is 23.7 Å². The van der Waals surface area contributed by atoms with Gasteiger partial charge in [0.1, 0.15) is 11.4 Å². The Kier molecular flexibility index (Phi) is 6.75. The number of hydrogen-bond acceptors (Lipinski definition) is 5. The summed E-state index contributed by atoms with van der Waals surface area (Å²) in [4.78, 5) is 12.2. The van der Waals surface area contributed by atoms with E-state index in [1.165, 1.54) is 0 Å². The molecule has 160 valence electrons. The second-order valence-corrected chi connectivity index (χ2v) is 9.45. The number of carbonyl (C=O) groups excluding carboxylic acids is 1. The van der Waals surface area contributed by atoms with Gasteiger partial charge in [-0.3, -0.25) is 0 Å². The molecule has 0 aromatic heterocycles. The van der Waals surface area contributed by atoms with Crippen LogP contribution in [0.3, 0.4) is 0 Å². The Hall–Kier alpha value is -1.99. The number of ether oxygens (including phenoxy) is 2. The molecule has 29 heavy (non-hydrogen) atoms. The minimum absolute atomic E-state index is 0.238. The van der Waals surface area contributed by atoms with Crippen LogP contribution in [-0.2, 0) is 14.0 Å². The molecule has 7 heteroatoms. The summed E-state index contributed by atoms with van der Waals surface area (Å²) in [6, 6.07) is 5.94. The molecule has 0 radical (unpaired) electrons. The van der Waals surface area contributed by atoms with Gasteiger partial charge in [0.05, 0.1) is 18.3 Å². The molecule has 2 rings (SSSR count). The van der Waals surface area contributed by atoms with E-state index in [-0.39, 0.29) is 6.54 Å². The highest BCUT2D eigenvalue weighted by molar-refractivity contribution is 6.56. The lowest BCUT2D eigenvalue weighted by Gasteiger charge is -2.32. The van der Waals surface area contributed by atoms with Gasteiger partial charge in [-0.15, -0.1) is 0 Å². The normalized spacial score (nSPS) is 18.5. The Labute approximate surface area is 175 Å². The van der Waals surface area contributed by atoms with E-state index >= 15 is 0 Å². The molecule has 0 atom stereocenters. The van der Waals surface area contributed by atoms with Crippen molar-refractivity contribution < 1.29 is 23.6 Å². The maximum absolute atomic E-state index is 12.2. The molecule has 1 saturated heterocycles. The lowest BCUT2D eigenvalue weighted by molar-refractivity contribution is 0.00578. The molecule has 1 aromatic carbocycles. The second kappa shape index (κ2) is 8.40. The Morgan fingerprint density at radius 1 is 1.14 bits per heavy atom. The first kappa shape index (κ1) is 23.3. The molecule has 1 heterocycles. The Morgan fingerprint density at radius 2 is 1.72 bits per heavy atom. The minimum Gasteiger partial charge on any atom is -0.497 e. The van der Waals surface area contributed by atoms with Crippen molar-refractivity contribution in [2.75, 3.05) is 13.7 Å². The number of rotatable bonds is 5. The summed E-state index contributed by atoms with van der Waals surface area (Å²) in [5.41, 5.74) is 1.28. The summed E-state index contributed by atoms with van der Waals surface area (Å²) in [7, 11) is 1.06. The van der Waals surface area contributed by atoms with Crippen molar-refractivity contribution in [3.63, 3.8) is 0 Å². The third-order valence-electron chi connectivity index (χ3n) is 5.05. The molecule has 1 aliphatic heterocycles. The van der Waals surface area contributed by atoms with Crippen molar-refractivity contribution in [3.8, 4) is 5.75 Å². The fraction of sp³-hybridized carbons (Fsp3) is 0.591. The molecule has 1 N–H and O–H groups in total. The average Bonchev–Trinajstić information content (AvgIpc) is 2.77. The van der Waals surface area contributed by atoms with Crippen molar-refractivity contribution >= 4 is 19.3 Å². The van der Waals surface area contributed by atoms with Crippen molar-refractivity contribution in [1.29, 1.82) is 0 Å². The van der Waals surface area contributed by atoms with Crippen molar-refractivity contribution in [1.82, 2.24) is 5.32 Å². The van der Waals surface area contributed by atoms with Gasteiger partial charge in [0.25, 0.3) is 0 Å². The van der Waals surface area contributed by atoms with E-state index in [0.717, 1.165) is 22.3 Å². The van der Waals surface area contributed by atoms with Crippen LogP contribution in [0.4, 0.5) is 4.79 Å². The lowest BCUT2D eigenvalue weighted by atomic mass is 9.77. The van der Waals surface area contributed by atoms with Crippen LogP contribution in [0, 0.1) is 6.92 Å². The Bertz CT molecular complexity index is 764. The number of methoxy groups -OCH3 is 1. The van der Waals surface area contributed by atoms with E-state index in [0.29, 0.717) is 0 Å². The van der Waals surface area contributed by atoms with E-state index in [1.807, 2.05) is 79.7 Å². The topological polar surface area (TPSA) is 66.0 Å². The van der Waals surface area contributed by atoms with Crippen LogP contribution in [0.1, 0.15) is 59.6 Å². The number of amides is 1. The quantitative estimate of drug-likeness (QED) is 0.731. The summed E-state index contributed by atoms with van der Waals surface area (Å²) in [5.74, 6) is 0.768. The molecule has 1 amide bonds. The summed E-state index contributed by atoms with van der Waals surface area (Å²) in [6.45, 7) is 15.7. The van der Waals surface area contributed by atoms with Crippen molar-refractivity contribution in [2.24, 2.45) is 0 Å². The highest BCUT2D eigenvalue weighted by Crippen LogP contribution is 2.38. The van der Waals surface area contributed by atoms with Crippen LogP contribution in [0.2, 0.25) is 0 Å². The van der Waals surface area contributed by atoms with E-state index in [9.17, 15) is 4.79 Å². The third kappa shape index (κ3) is 6.24. The fourth-order valence-corrected chi connectivity index (χ4v) is 2.88. The Morgan fingerprint density at radius 3 is 2.24 bits per heavy atom. The first-order valence-electron chi connectivity index (χ1n) is 9.91. The van der Waals surface area contributed by atoms with Crippen LogP contribution in [0.25, 0.3) is 6.08 Å². The number of alkyl carbamates (subject to hydrolysis) is 1. The predicted molar refractivity (Wildman–Crippen MR) is 116 cm³/mol. The van der Waals surface area contributed by atoms with Crippen LogP contribution in [-0.4, -0.2) is 43.7 Å². The minimum atomic E-state index is -0.582. The van der Waals surface area contributed by atoms with Crippen LogP contribution in [0.5, 0.6) is 5.75 Å². The highest BCUT2D eigenvalue weighted by Gasteiger charge is 2.52. The SMILES string of the molecule is COc1cc(C)cc(C=C(CNC(=O)OC(C)(C)C)B2OC(C)(C)C(C)(C)O2)c1. The van der Waals surface area contributed by atoms with Gasteiger partial charge in [0, 0.05) is 6.54 Å². The number of hydrogen-bond donors (Lipinski definition) is 1. The van der Waals surface area contributed by atoms with Crippen molar-refractivity contribution in [3.05, 3.63) is 34.8 Å². The van der Waals surface area contributed by atoms with E-state index in [4.69, 9.17) is 18.8 Å². The van der Waals surface area contributed by atoms with E-state index in [2.05, 4.69) is 5.32 Å². The predicted octanol–water partition coefficient (Wildman–Crippen LogP) is 4.54. The van der Waals surface area contributed by atoms with Gasteiger partial charge < -0.3 is 24.1 Å². The molecule has 6 nitrogen and oxygen atoms in total. The van der Waals surface area contributed by atoms with Gasteiger partial charge >= 0.3 is 13.2 Å². The number of benzene rings is 1. The lowest BCUT2D eigenvalue weighted by Crippen LogP contribution is -2.41. The zero-order valence-electron chi connectivity index (χ0n) is 19.1. The standard InChI is InChI=1S/C22H34BNO5/c1-15-10-16(13-18(11-15)26-9)12-17(14-24-19(25)27-20(2,3)4)23-28-21(5,6)22(7,8)29-23/h10-13H,14H2,1-9H3,(H,24,25). The van der Waals surface area contributed by atoms with Gasteiger partial charge in [-0.1, -0.05) is 12.1 Å². The van der Waals surface area contributed by atoms with Gasteiger partial charge in [-0.25, -0.2) is 4.79 Å². The largest absolute Gasteiger partial charge is 0.497 e. The molecule has 0 unspecified atom stereocenters. The summed E-state index contributed by atoms with van der Waals surface area (Å²) < 4.78 is 23.1. The molecule has 1 aliphatic rings. The summed E-state index contributed by atoms with van der Waals surface area (Å²) >= 11 is 0.